The summed E-state index contributed by atoms with van der Waals surface area (Å²) in [5.41, 5.74) is 3.25. The Hall–Kier alpha value is -6.21. The van der Waals surface area contributed by atoms with Crippen molar-refractivity contribution in [3.05, 3.63) is 106 Å². The molecule has 388 valence electrons. The van der Waals surface area contributed by atoms with E-state index in [1.54, 1.807) is 12.1 Å². The largest absolute Gasteiger partial charge is 0.436 e. The standard InChI is InChI=1S/C60H74N4O8S/c1-7-13-17-19-31-63(39-41(11-5)21-15-9-3)45-25-23-43-33-49(59(65)71-55(43)35-45)57-61-51-37-47(27-29-53(51)69-57)73(67,68)48-28-30-54-52(38-48)62-58(70-54)50-34-44-24-26-46(36-56(44)72-60(50)66)64(32-20-18-14-8-2)40-42(12-6)22-16-10-4/h23-30,33-38,41-42H,7-22,31-32,39-40H2,1-6H3. The molecule has 73 heavy (non-hydrogen) atoms. The van der Waals surface area contributed by atoms with E-state index in [4.69, 9.17) is 17.7 Å². The fourth-order valence-corrected chi connectivity index (χ4v) is 11.3. The molecule has 4 heterocycles. The Morgan fingerprint density at radius 1 is 0.466 bits per heavy atom. The normalized spacial score (nSPS) is 12.9. The van der Waals surface area contributed by atoms with Crippen LogP contribution in [0.3, 0.4) is 0 Å². The van der Waals surface area contributed by atoms with Crippen LogP contribution < -0.4 is 21.1 Å². The van der Waals surface area contributed by atoms with E-state index >= 15 is 0 Å². The van der Waals surface area contributed by atoms with Crippen LogP contribution in [-0.2, 0) is 9.84 Å². The van der Waals surface area contributed by atoms with E-state index in [1.807, 2.05) is 24.3 Å². The van der Waals surface area contributed by atoms with Crippen LogP contribution in [0.1, 0.15) is 144 Å². The van der Waals surface area contributed by atoms with Gasteiger partial charge in [0.25, 0.3) is 0 Å². The molecule has 0 saturated carbocycles. The highest BCUT2D eigenvalue weighted by molar-refractivity contribution is 7.91. The number of hydrogen-bond donors (Lipinski definition) is 0. The van der Waals surface area contributed by atoms with Gasteiger partial charge in [-0.2, -0.15) is 0 Å². The van der Waals surface area contributed by atoms with Gasteiger partial charge in [-0.25, -0.2) is 28.0 Å². The third-order valence-electron chi connectivity index (χ3n) is 14.6. The van der Waals surface area contributed by atoms with Gasteiger partial charge < -0.3 is 27.5 Å². The second-order valence-electron chi connectivity index (χ2n) is 20.0. The summed E-state index contributed by atoms with van der Waals surface area (Å²) >= 11 is 0. The third-order valence-corrected chi connectivity index (χ3v) is 16.3. The maximum atomic E-state index is 14.2. The molecular weight excluding hydrogens is 937 g/mol. The van der Waals surface area contributed by atoms with Crippen molar-refractivity contribution in [2.75, 3.05) is 36.0 Å². The number of anilines is 2. The second kappa shape index (κ2) is 24.7. The summed E-state index contributed by atoms with van der Waals surface area (Å²) in [4.78, 5) is 41.2. The summed E-state index contributed by atoms with van der Waals surface area (Å²) in [5.74, 6) is 1.22. The molecule has 8 rings (SSSR count). The minimum absolute atomic E-state index is 0.0273. The summed E-state index contributed by atoms with van der Waals surface area (Å²) < 4.78 is 52.3. The van der Waals surface area contributed by atoms with Crippen LogP contribution in [0.2, 0.25) is 0 Å². The van der Waals surface area contributed by atoms with Crippen LogP contribution in [0.25, 0.3) is 67.0 Å². The van der Waals surface area contributed by atoms with Crippen molar-refractivity contribution in [1.29, 1.82) is 0 Å². The molecule has 12 nitrogen and oxygen atoms in total. The third kappa shape index (κ3) is 12.6. The van der Waals surface area contributed by atoms with Crippen molar-refractivity contribution < 1.29 is 26.1 Å². The summed E-state index contributed by atoms with van der Waals surface area (Å²) in [6.07, 6.45) is 18.7. The minimum atomic E-state index is -4.11. The molecule has 0 radical (unpaired) electrons. The lowest BCUT2D eigenvalue weighted by Gasteiger charge is -2.29. The van der Waals surface area contributed by atoms with Crippen molar-refractivity contribution in [3.63, 3.8) is 0 Å². The van der Waals surface area contributed by atoms with Gasteiger partial charge in [-0.1, -0.05) is 119 Å². The predicted octanol–water partition coefficient (Wildman–Crippen LogP) is 15.6. The zero-order chi connectivity index (χ0) is 51.5. The molecule has 8 aromatic rings. The van der Waals surface area contributed by atoms with Gasteiger partial charge >= 0.3 is 11.3 Å². The molecule has 0 aliphatic heterocycles. The molecular formula is C60H74N4O8S. The molecule has 4 aromatic carbocycles. The van der Waals surface area contributed by atoms with Crippen molar-refractivity contribution in [3.8, 4) is 22.9 Å². The van der Waals surface area contributed by atoms with Gasteiger partial charge in [0, 0.05) is 60.5 Å². The van der Waals surface area contributed by atoms with Crippen LogP contribution >= 0.6 is 0 Å². The summed E-state index contributed by atoms with van der Waals surface area (Å²) in [7, 11) is -4.11. The van der Waals surface area contributed by atoms with E-state index in [0.717, 1.165) is 74.0 Å². The van der Waals surface area contributed by atoms with E-state index in [9.17, 15) is 18.0 Å². The van der Waals surface area contributed by atoms with Crippen LogP contribution in [-0.4, -0.2) is 44.6 Å². The fourth-order valence-electron chi connectivity index (χ4n) is 9.98. The number of benzene rings is 4. The van der Waals surface area contributed by atoms with E-state index in [0.29, 0.717) is 34.2 Å². The molecule has 0 spiro atoms. The Morgan fingerprint density at radius 3 is 1.29 bits per heavy atom. The topological polar surface area (TPSA) is 153 Å². The SMILES string of the molecule is CCCCCCN(CC(CC)CCCC)c1ccc2cc(-c3nc4cc(S(=O)(=O)c5ccc6oc(-c7cc8ccc(N(CCCCCC)CC(CC)CCCC)cc8oc7=O)nc6c5)ccc4o3)c(=O)oc2c1. The van der Waals surface area contributed by atoms with E-state index in [1.165, 1.54) is 113 Å². The molecule has 2 atom stereocenters. The second-order valence-corrected chi connectivity index (χ2v) is 21.9. The van der Waals surface area contributed by atoms with Gasteiger partial charge in [-0.3, -0.25) is 0 Å². The first-order valence-corrected chi connectivity index (χ1v) is 28.7. The highest BCUT2D eigenvalue weighted by Crippen LogP contribution is 2.34. The highest BCUT2D eigenvalue weighted by atomic mass is 32.2. The van der Waals surface area contributed by atoms with Crippen molar-refractivity contribution in [1.82, 2.24) is 9.97 Å². The molecule has 13 heteroatoms. The monoisotopic (exact) mass is 1010 g/mol. The van der Waals surface area contributed by atoms with Crippen molar-refractivity contribution >= 4 is 65.3 Å². The zero-order valence-corrected chi connectivity index (χ0v) is 44.7. The molecule has 0 saturated heterocycles. The van der Waals surface area contributed by atoms with Crippen LogP contribution in [0, 0.1) is 11.8 Å². The number of oxazole rings is 2. The Balaban J connectivity index is 1.01. The molecule has 0 aliphatic rings. The number of unbranched alkanes of at least 4 members (excludes halogenated alkanes) is 8. The van der Waals surface area contributed by atoms with Gasteiger partial charge in [-0.05, 0) is 110 Å². The number of aromatic nitrogens is 2. The lowest BCUT2D eigenvalue weighted by molar-refractivity contribution is 0.442. The Labute approximate surface area is 430 Å². The first-order valence-electron chi connectivity index (χ1n) is 27.2. The smallest absolute Gasteiger partial charge is 0.349 e. The summed E-state index contributed by atoms with van der Waals surface area (Å²) in [5, 5.41) is 1.45. The Morgan fingerprint density at radius 2 is 0.890 bits per heavy atom. The van der Waals surface area contributed by atoms with Crippen LogP contribution in [0.4, 0.5) is 11.4 Å². The highest BCUT2D eigenvalue weighted by Gasteiger charge is 2.24. The minimum Gasteiger partial charge on any atom is -0.436 e. The first kappa shape index (κ1) is 53.1. The lowest BCUT2D eigenvalue weighted by Crippen LogP contribution is -2.30. The van der Waals surface area contributed by atoms with Gasteiger partial charge in [0.05, 0.1) is 9.79 Å². The van der Waals surface area contributed by atoms with E-state index < -0.39 is 21.1 Å². The fraction of sp³-hybridized carbons (Fsp3) is 0.467. The van der Waals surface area contributed by atoms with Crippen LogP contribution in [0.15, 0.2) is 122 Å². The Bertz CT molecular complexity index is 3140. The maximum absolute atomic E-state index is 14.2. The first-order chi connectivity index (χ1) is 35.5. The average Bonchev–Trinajstić information content (AvgIpc) is 4.03. The van der Waals surface area contributed by atoms with Gasteiger partial charge in [0.2, 0.25) is 21.6 Å². The number of rotatable bonds is 28. The molecule has 0 bridgehead atoms. The average molecular weight is 1010 g/mol. The predicted molar refractivity (Wildman–Crippen MR) is 296 cm³/mol. The van der Waals surface area contributed by atoms with Gasteiger partial charge in [-0.15, -0.1) is 0 Å². The summed E-state index contributed by atoms with van der Waals surface area (Å²) in [6, 6.07) is 24.3. The van der Waals surface area contributed by atoms with Crippen molar-refractivity contribution in [2.45, 2.75) is 154 Å². The molecule has 0 aliphatic carbocycles. The summed E-state index contributed by atoms with van der Waals surface area (Å²) in [6.45, 7) is 17.2. The number of hydrogen-bond acceptors (Lipinski definition) is 12. The molecule has 4 aromatic heterocycles. The quantitative estimate of drug-likeness (QED) is 0.0339. The van der Waals surface area contributed by atoms with Crippen LogP contribution in [0.5, 0.6) is 0 Å². The lowest BCUT2D eigenvalue weighted by atomic mass is 9.98. The molecule has 0 N–H and O–H groups in total. The van der Waals surface area contributed by atoms with Gasteiger partial charge in [0.1, 0.15) is 33.3 Å². The Kier molecular flexibility index (Phi) is 17.9. The maximum Gasteiger partial charge on any atom is 0.349 e. The molecule has 0 fully saturated rings. The number of nitrogens with zero attached hydrogens (tertiary/aromatic N) is 4. The number of fused-ring (bicyclic) bond motifs is 4. The molecule has 2 unspecified atom stereocenters. The molecule has 0 amide bonds. The number of sulfone groups is 1. The van der Waals surface area contributed by atoms with E-state index in [-0.39, 0.29) is 43.7 Å². The van der Waals surface area contributed by atoms with E-state index in [2.05, 4.69) is 73.4 Å². The van der Waals surface area contributed by atoms with Crippen molar-refractivity contribution in [2.24, 2.45) is 11.8 Å². The van der Waals surface area contributed by atoms with Gasteiger partial charge in [0.15, 0.2) is 11.2 Å². The zero-order valence-electron chi connectivity index (χ0n) is 43.8.